The van der Waals surface area contributed by atoms with Gasteiger partial charge in [-0.3, -0.25) is 4.79 Å². The second kappa shape index (κ2) is 9.32. The van der Waals surface area contributed by atoms with E-state index in [9.17, 15) is 9.59 Å². The van der Waals surface area contributed by atoms with Crippen LogP contribution < -0.4 is 20.7 Å². The zero-order chi connectivity index (χ0) is 18.1. The molecule has 0 spiro atoms. The number of urea groups is 1. The molecule has 6 nitrogen and oxygen atoms in total. The summed E-state index contributed by atoms with van der Waals surface area (Å²) < 4.78 is 5.58. The second-order valence-corrected chi connectivity index (χ2v) is 5.47. The Hall–Kier alpha value is -3.02. The number of hydrogen-bond donors (Lipinski definition) is 3. The third kappa shape index (κ3) is 5.84. The first-order valence-electron chi connectivity index (χ1n) is 8.25. The van der Waals surface area contributed by atoms with Crippen molar-refractivity contribution in [2.45, 2.75) is 19.8 Å². The van der Waals surface area contributed by atoms with Gasteiger partial charge in [-0.25, -0.2) is 4.79 Å². The van der Waals surface area contributed by atoms with E-state index in [0.717, 1.165) is 18.6 Å². The molecular formula is C19H23N3O3. The molecule has 2 rings (SSSR count). The van der Waals surface area contributed by atoms with Crippen LogP contribution in [0.2, 0.25) is 0 Å². The minimum Gasteiger partial charge on any atom is -0.494 e. The number of rotatable bonds is 7. The van der Waals surface area contributed by atoms with E-state index in [4.69, 9.17) is 4.74 Å². The summed E-state index contributed by atoms with van der Waals surface area (Å²) in [6, 6.07) is 13.7. The highest BCUT2D eigenvalue weighted by atomic mass is 16.5. The smallest absolute Gasteiger partial charge is 0.318 e. The molecule has 0 radical (unpaired) electrons. The summed E-state index contributed by atoms with van der Waals surface area (Å²) in [7, 11) is 1.54. The zero-order valence-corrected chi connectivity index (χ0v) is 14.5. The van der Waals surface area contributed by atoms with Crippen LogP contribution in [0, 0.1) is 0 Å². The lowest BCUT2D eigenvalue weighted by Crippen LogP contribution is -2.24. The Labute approximate surface area is 147 Å². The highest BCUT2D eigenvalue weighted by molar-refractivity contribution is 6.04. The second-order valence-electron chi connectivity index (χ2n) is 5.47. The minimum atomic E-state index is -0.317. The number of ether oxygens (including phenoxy) is 1. The van der Waals surface area contributed by atoms with Crippen LogP contribution in [0.25, 0.3) is 0 Å². The predicted molar refractivity (Wildman–Crippen MR) is 99.3 cm³/mol. The number of carbonyl (C=O) groups is 2. The molecule has 0 saturated heterocycles. The number of hydrogen-bond acceptors (Lipinski definition) is 3. The van der Waals surface area contributed by atoms with Crippen molar-refractivity contribution < 1.29 is 14.3 Å². The fraction of sp³-hybridized carbons (Fsp3) is 0.263. The standard InChI is InChI=1S/C19H23N3O3/c1-3-4-12-25-17-10-8-14(9-11-17)18(23)21-15-6-5-7-16(13-15)22-19(24)20-2/h5-11,13H,3-4,12H2,1-2H3,(H,21,23)(H2,20,22,24). The summed E-state index contributed by atoms with van der Waals surface area (Å²) in [5.41, 5.74) is 1.73. The summed E-state index contributed by atoms with van der Waals surface area (Å²) >= 11 is 0. The molecule has 3 amide bonds. The van der Waals surface area contributed by atoms with Gasteiger partial charge in [0.05, 0.1) is 6.61 Å². The number of amides is 3. The number of carbonyl (C=O) groups excluding carboxylic acids is 2. The lowest BCUT2D eigenvalue weighted by Gasteiger charge is -2.09. The summed E-state index contributed by atoms with van der Waals surface area (Å²) in [6.07, 6.45) is 2.08. The van der Waals surface area contributed by atoms with Crippen LogP contribution in [0.1, 0.15) is 30.1 Å². The number of nitrogens with one attached hydrogen (secondary N) is 3. The van der Waals surface area contributed by atoms with E-state index in [1.54, 1.807) is 48.5 Å². The molecule has 0 aliphatic rings. The highest BCUT2D eigenvalue weighted by Gasteiger charge is 2.07. The summed E-state index contributed by atoms with van der Waals surface area (Å²) in [4.78, 5) is 23.7. The fourth-order valence-corrected chi connectivity index (χ4v) is 2.11. The molecule has 0 aliphatic carbocycles. The molecule has 0 unspecified atom stereocenters. The Morgan fingerprint density at radius 1 is 1.00 bits per heavy atom. The molecule has 25 heavy (non-hydrogen) atoms. The van der Waals surface area contributed by atoms with Gasteiger partial charge in [0.15, 0.2) is 0 Å². The Balaban J connectivity index is 1.97. The maximum atomic E-state index is 12.3. The molecule has 0 fully saturated rings. The molecule has 3 N–H and O–H groups in total. The van der Waals surface area contributed by atoms with Gasteiger partial charge in [0.25, 0.3) is 5.91 Å². The van der Waals surface area contributed by atoms with Crippen molar-refractivity contribution in [2.24, 2.45) is 0 Å². The Morgan fingerprint density at radius 2 is 1.68 bits per heavy atom. The van der Waals surface area contributed by atoms with E-state index in [-0.39, 0.29) is 11.9 Å². The van der Waals surface area contributed by atoms with Crippen LogP contribution in [0.4, 0.5) is 16.2 Å². The van der Waals surface area contributed by atoms with Crippen LogP contribution in [0.15, 0.2) is 48.5 Å². The summed E-state index contributed by atoms with van der Waals surface area (Å²) in [5, 5.41) is 7.94. The predicted octanol–water partition coefficient (Wildman–Crippen LogP) is 3.87. The molecule has 0 aliphatic heterocycles. The van der Waals surface area contributed by atoms with E-state index in [1.165, 1.54) is 7.05 Å². The minimum absolute atomic E-state index is 0.225. The molecular weight excluding hydrogens is 318 g/mol. The zero-order valence-electron chi connectivity index (χ0n) is 14.5. The van der Waals surface area contributed by atoms with Gasteiger partial charge in [-0.05, 0) is 48.9 Å². The first kappa shape index (κ1) is 18.3. The van der Waals surface area contributed by atoms with Gasteiger partial charge in [0.1, 0.15) is 5.75 Å². The van der Waals surface area contributed by atoms with Gasteiger partial charge in [0.2, 0.25) is 0 Å². The number of anilines is 2. The van der Waals surface area contributed by atoms with E-state index >= 15 is 0 Å². The number of benzene rings is 2. The van der Waals surface area contributed by atoms with Crippen LogP contribution in [0.3, 0.4) is 0 Å². The van der Waals surface area contributed by atoms with Crippen molar-refractivity contribution in [1.82, 2.24) is 5.32 Å². The van der Waals surface area contributed by atoms with Crippen LogP contribution >= 0.6 is 0 Å². The van der Waals surface area contributed by atoms with Crippen molar-refractivity contribution in [3.8, 4) is 5.75 Å². The molecule has 0 aromatic heterocycles. The largest absolute Gasteiger partial charge is 0.494 e. The molecule has 0 heterocycles. The highest BCUT2D eigenvalue weighted by Crippen LogP contribution is 2.17. The normalized spacial score (nSPS) is 10.0. The molecule has 2 aromatic rings. The molecule has 0 atom stereocenters. The average Bonchev–Trinajstić information content (AvgIpc) is 2.62. The third-order valence-electron chi connectivity index (χ3n) is 3.49. The first-order valence-corrected chi connectivity index (χ1v) is 8.25. The van der Waals surface area contributed by atoms with Gasteiger partial charge in [0, 0.05) is 24.0 Å². The van der Waals surface area contributed by atoms with Gasteiger partial charge >= 0.3 is 6.03 Å². The van der Waals surface area contributed by atoms with E-state index in [2.05, 4.69) is 22.9 Å². The summed E-state index contributed by atoms with van der Waals surface area (Å²) in [6.45, 7) is 2.78. The van der Waals surface area contributed by atoms with E-state index in [1.807, 2.05) is 0 Å². The SMILES string of the molecule is CCCCOc1ccc(C(=O)Nc2cccc(NC(=O)NC)c2)cc1. The third-order valence-corrected chi connectivity index (χ3v) is 3.49. The Morgan fingerprint density at radius 3 is 2.32 bits per heavy atom. The maximum absolute atomic E-state index is 12.3. The fourth-order valence-electron chi connectivity index (χ4n) is 2.11. The lowest BCUT2D eigenvalue weighted by atomic mass is 10.2. The maximum Gasteiger partial charge on any atom is 0.318 e. The van der Waals surface area contributed by atoms with Crippen molar-refractivity contribution in [1.29, 1.82) is 0 Å². The summed E-state index contributed by atoms with van der Waals surface area (Å²) in [5.74, 6) is 0.527. The van der Waals surface area contributed by atoms with Gasteiger partial charge in [-0.1, -0.05) is 19.4 Å². The van der Waals surface area contributed by atoms with Crippen molar-refractivity contribution in [3.05, 3.63) is 54.1 Å². The molecule has 0 saturated carbocycles. The molecule has 132 valence electrons. The van der Waals surface area contributed by atoms with E-state index < -0.39 is 0 Å². The molecule has 2 aromatic carbocycles. The van der Waals surface area contributed by atoms with E-state index in [0.29, 0.717) is 23.5 Å². The monoisotopic (exact) mass is 341 g/mol. The topological polar surface area (TPSA) is 79.5 Å². The lowest BCUT2D eigenvalue weighted by molar-refractivity contribution is 0.102. The first-order chi connectivity index (χ1) is 12.1. The van der Waals surface area contributed by atoms with Gasteiger partial charge < -0.3 is 20.7 Å². The average molecular weight is 341 g/mol. The van der Waals surface area contributed by atoms with Crippen LogP contribution in [0.5, 0.6) is 5.75 Å². The Bertz CT molecular complexity index is 714. The Kier molecular flexibility index (Phi) is 6.83. The van der Waals surface area contributed by atoms with Gasteiger partial charge in [-0.2, -0.15) is 0 Å². The number of unbranched alkanes of at least 4 members (excludes halogenated alkanes) is 1. The van der Waals surface area contributed by atoms with Crippen LogP contribution in [-0.2, 0) is 0 Å². The van der Waals surface area contributed by atoms with Crippen molar-refractivity contribution >= 4 is 23.3 Å². The van der Waals surface area contributed by atoms with Crippen molar-refractivity contribution in [2.75, 3.05) is 24.3 Å². The quantitative estimate of drug-likeness (QED) is 0.669. The molecule has 0 bridgehead atoms. The van der Waals surface area contributed by atoms with Crippen LogP contribution in [-0.4, -0.2) is 25.6 Å². The van der Waals surface area contributed by atoms with Gasteiger partial charge in [-0.15, -0.1) is 0 Å². The molecule has 6 heteroatoms. The van der Waals surface area contributed by atoms with Crippen molar-refractivity contribution in [3.63, 3.8) is 0 Å².